The third kappa shape index (κ3) is 5.06. The molecule has 4 aromatic rings. The number of methoxy groups -OCH3 is 3. The predicted octanol–water partition coefficient (Wildman–Crippen LogP) is 2.74. The molecule has 36 heavy (non-hydrogen) atoms. The van der Waals surface area contributed by atoms with Gasteiger partial charge in [-0.05, 0) is 18.2 Å². The summed E-state index contributed by atoms with van der Waals surface area (Å²) in [7, 11) is 4.37. The van der Waals surface area contributed by atoms with Gasteiger partial charge in [-0.25, -0.2) is 15.2 Å². The first kappa shape index (κ1) is 24.1. The maximum atomic E-state index is 11.9. The Morgan fingerprint density at radius 2 is 1.61 bits per heavy atom. The minimum absolute atomic E-state index is 0.0226. The minimum atomic E-state index is -0.441. The zero-order valence-corrected chi connectivity index (χ0v) is 19.9. The number of hydrogen-bond donors (Lipinski definition) is 1. The summed E-state index contributed by atoms with van der Waals surface area (Å²) in [4.78, 5) is 38.1. The molecule has 12 heteroatoms. The lowest BCUT2D eigenvalue weighted by Gasteiger charge is -2.22. The number of nitrogens with one attached hydrogen (secondary N) is 1. The molecule has 2 aromatic carbocycles. The van der Waals surface area contributed by atoms with Crippen molar-refractivity contribution < 1.29 is 28.6 Å². The highest BCUT2D eigenvalue weighted by atomic mass is 16.7. The van der Waals surface area contributed by atoms with E-state index >= 15 is 0 Å². The number of hydrogen-bond acceptors (Lipinski definition) is 11. The quantitative estimate of drug-likeness (QED) is 0.288. The minimum Gasteiger partial charge on any atom is -0.493 e. The molecule has 12 nitrogen and oxygen atoms in total. The van der Waals surface area contributed by atoms with Gasteiger partial charge in [-0.2, -0.15) is 0 Å². The average Bonchev–Trinajstić information content (AvgIpc) is 2.91. The molecule has 0 aliphatic carbocycles. The summed E-state index contributed by atoms with van der Waals surface area (Å²) in [6.45, 7) is 1.32. The van der Waals surface area contributed by atoms with Crippen LogP contribution in [0.2, 0.25) is 0 Å². The van der Waals surface area contributed by atoms with Crippen molar-refractivity contribution in [1.29, 1.82) is 0 Å². The molecule has 4 rings (SSSR count). The summed E-state index contributed by atoms with van der Waals surface area (Å²) in [6, 6.07) is 11.7. The van der Waals surface area contributed by atoms with Crippen LogP contribution in [-0.2, 0) is 9.53 Å². The lowest BCUT2D eigenvalue weighted by atomic mass is 10.1. The van der Waals surface area contributed by atoms with Crippen molar-refractivity contribution >= 4 is 28.7 Å². The number of hydrazine groups is 1. The number of nitrogens with zero attached hydrogens (tertiary/aromatic N) is 5. The number of ether oxygens (including phenoxy) is 3. The average molecular weight is 490 g/mol. The summed E-state index contributed by atoms with van der Waals surface area (Å²) < 4.78 is 15.4. The summed E-state index contributed by atoms with van der Waals surface area (Å²) in [5, 5.41) is 9.87. The molecule has 0 bridgehead atoms. The highest BCUT2D eigenvalue weighted by Gasteiger charge is 2.18. The van der Waals surface area contributed by atoms with E-state index in [2.05, 4.69) is 25.6 Å². The molecular weight excluding hydrogens is 468 g/mol. The van der Waals surface area contributed by atoms with Crippen LogP contribution in [0.4, 0.5) is 5.95 Å². The van der Waals surface area contributed by atoms with E-state index in [1.54, 1.807) is 48.7 Å². The molecule has 0 unspecified atom stereocenters. The van der Waals surface area contributed by atoms with E-state index in [-0.39, 0.29) is 5.95 Å². The van der Waals surface area contributed by atoms with E-state index in [1.165, 1.54) is 34.4 Å². The number of pyridine rings is 1. The Kier molecular flexibility index (Phi) is 7.04. The standard InChI is InChI=1S/C24H22N6O6/c1-14(31)29-30(36-20-9-10-25-18-12-22(34-3)21(33-2)11-17(18)20)24-26-13-19(27-28-24)15-5-7-16(8-6-15)23(32)35-4/h5-13H,1-4H3,(H,29,31). The molecule has 0 spiro atoms. The van der Waals surface area contributed by atoms with Crippen LogP contribution in [0, 0.1) is 0 Å². The molecule has 0 radical (unpaired) electrons. The van der Waals surface area contributed by atoms with Crippen molar-refractivity contribution in [2.45, 2.75) is 6.92 Å². The zero-order chi connectivity index (χ0) is 25.7. The maximum absolute atomic E-state index is 11.9. The largest absolute Gasteiger partial charge is 0.493 e. The van der Waals surface area contributed by atoms with Crippen LogP contribution in [0.5, 0.6) is 17.2 Å². The Labute approximate surface area is 205 Å². The third-order valence-electron chi connectivity index (χ3n) is 4.99. The summed E-state index contributed by atoms with van der Waals surface area (Å²) in [6.07, 6.45) is 3.02. The molecule has 0 saturated heterocycles. The van der Waals surface area contributed by atoms with Gasteiger partial charge in [0.2, 0.25) is 5.91 Å². The molecule has 0 aliphatic heterocycles. The normalized spacial score (nSPS) is 10.4. The second kappa shape index (κ2) is 10.5. The van der Waals surface area contributed by atoms with Crippen molar-refractivity contribution in [3.8, 4) is 28.5 Å². The van der Waals surface area contributed by atoms with E-state index in [4.69, 9.17) is 19.0 Å². The van der Waals surface area contributed by atoms with E-state index in [0.717, 1.165) is 5.17 Å². The molecule has 2 aromatic heterocycles. The SMILES string of the molecule is COC(=O)c1ccc(-c2cnc(N(NC(C)=O)Oc3ccnc4cc(OC)c(OC)cc34)nn2)cc1. The van der Waals surface area contributed by atoms with Gasteiger partial charge in [0, 0.05) is 36.2 Å². The van der Waals surface area contributed by atoms with E-state index < -0.39 is 11.9 Å². The second-order valence-electron chi connectivity index (χ2n) is 7.30. The van der Waals surface area contributed by atoms with E-state index in [1.807, 2.05) is 0 Å². The van der Waals surface area contributed by atoms with Crippen molar-refractivity contribution in [2.75, 3.05) is 26.5 Å². The number of carbonyl (C=O) groups is 2. The molecule has 2 heterocycles. The number of benzene rings is 2. The Morgan fingerprint density at radius 1 is 0.889 bits per heavy atom. The van der Waals surface area contributed by atoms with E-state index in [0.29, 0.717) is 45.0 Å². The summed E-state index contributed by atoms with van der Waals surface area (Å²) in [5.41, 5.74) is 4.64. The number of fused-ring (bicyclic) bond motifs is 1. The van der Waals surface area contributed by atoms with Crippen molar-refractivity contribution in [1.82, 2.24) is 25.6 Å². The van der Waals surface area contributed by atoms with Crippen molar-refractivity contribution in [3.63, 3.8) is 0 Å². The molecule has 0 aliphatic rings. The van der Waals surface area contributed by atoms with Gasteiger partial charge in [-0.3, -0.25) is 9.78 Å². The van der Waals surface area contributed by atoms with Crippen molar-refractivity contribution in [2.24, 2.45) is 0 Å². The van der Waals surface area contributed by atoms with Crippen molar-refractivity contribution in [3.05, 3.63) is 60.4 Å². The summed E-state index contributed by atoms with van der Waals surface area (Å²) >= 11 is 0. The smallest absolute Gasteiger partial charge is 0.337 e. The first-order valence-electron chi connectivity index (χ1n) is 10.6. The fraction of sp³-hybridized carbons (Fsp3) is 0.167. The Bertz CT molecular complexity index is 1400. The van der Waals surface area contributed by atoms with Gasteiger partial charge in [0.25, 0.3) is 0 Å². The lowest BCUT2D eigenvalue weighted by Crippen LogP contribution is -2.45. The molecule has 0 fully saturated rings. The highest BCUT2D eigenvalue weighted by molar-refractivity contribution is 5.90. The molecule has 1 N–H and O–H groups in total. The number of aromatic nitrogens is 4. The first-order chi connectivity index (χ1) is 17.4. The topological polar surface area (TPSA) is 138 Å². The predicted molar refractivity (Wildman–Crippen MR) is 128 cm³/mol. The van der Waals surface area contributed by atoms with Gasteiger partial charge in [-0.1, -0.05) is 17.3 Å². The number of esters is 1. The van der Waals surface area contributed by atoms with Gasteiger partial charge in [0.1, 0.15) is 5.69 Å². The molecular formula is C24H22N6O6. The Balaban J connectivity index is 1.64. The number of anilines is 1. The van der Waals surface area contributed by atoms with Crippen LogP contribution in [0.3, 0.4) is 0 Å². The Hall–Kier alpha value is -5.00. The number of amides is 1. The van der Waals surface area contributed by atoms with Gasteiger partial charge in [0.05, 0.1) is 38.6 Å². The van der Waals surface area contributed by atoms with Crippen LogP contribution in [-0.4, -0.2) is 53.4 Å². The monoisotopic (exact) mass is 490 g/mol. The van der Waals surface area contributed by atoms with E-state index in [9.17, 15) is 9.59 Å². The third-order valence-corrected chi connectivity index (χ3v) is 4.99. The zero-order valence-electron chi connectivity index (χ0n) is 19.9. The van der Waals surface area contributed by atoms with Crippen LogP contribution < -0.4 is 24.9 Å². The summed E-state index contributed by atoms with van der Waals surface area (Å²) in [5.74, 6) is 0.458. The first-order valence-corrected chi connectivity index (χ1v) is 10.6. The fourth-order valence-corrected chi connectivity index (χ4v) is 3.27. The fourth-order valence-electron chi connectivity index (χ4n) is 3.27. The molecule has 0 atom stereocenters. The lowest BCUT2D eigenvalue weighted by molar-refractivity contribution is -0.120. The van der Waals surface area contributed by atoms with Gasteiger partial charge < -0.3 is 19.0 Å². The van der Waals surface area contributed by atoms with Gasteiger partial charge in [-0.15, -0.1) is 10.2 Å². The van der Waals surface area contributed by atoms with Gasteiger partial charge in [0.15, 0.2) is 17.2 Å². The molecule has 0 saturated carbocycles. The van der Waals surface area contributed by atoms with Gasteiger partial charge >= 0.3 is 11.9 Å². The Morgan fingerprint density at radius 3 is 2.22 bits per heavy atom. The van der Waals surface area contributed by atoms with Crippen LogP contribution in [0.1, 0.15) is 17.3 Å². The number of rotatable bonds is 8. The highest BCUT2D eigenvalue weighted by Crippen LogP contribution is 2.35. The van der Waals surface area contributed by atoms with Crippen LogP contribution in [0.15, 0.2) is 54.9 Å². The number of carbonyl (C=O) groups excluding carboxylic acids is 2. The maximum Gasteiger partial charge on any atom is 0.337 e. The van der Waals surface area contributed by atoms with Crippen LogP contribution >= 0.6 is 0 Å². The molecule has 1 amide bonds. The second-order valence-corrected chi connectivity index (χ2v) is 7.30. The molecule has 184 valence electrons. The van der Waals surface area contributed by atoms with Crippen LogP contribution in [0.25, 0.3) is 22.2 Å².